The van der Waals surface area contributed by atoms with E-state index in [-0.39, 0.29) is 24.5 Å². The molecule has 8 heteroatoms. The molecule has 0 saturated carbocycles. The highest BCUT2D eigenvalue weighted by Gasteiger charge is 2.27. The molecule has 4 rings (SSSR count). The van der Waals surface area contributed by atoms with Crippen LogP contribution < -0.4 is 14.8 Å². The topological polar surface area (TPSA) is 72.4 Å². The molecule has 1 atom stereocenters. The number of hydrogen-bond acceptors (Lipinski definition) is 5. The molecule has 0 bridgehead atoms. The molecule has 176 valence electrons. The first kappa shape index (κ1) is 23.1. The molecule has 1 aliphatic heterocycles. The maximum atomic E-state index is 13.6. The summed E-state index contributed by atoms with van der Waals surface area (Å²) < 4.78 is 24.3. The first-order valence-electron chi connectivity index (χ1n) is 10.9. The number of urea groups is 1. The quantitative estimate of drug-likeness (QED) is 0.506. The smallest absolute Gasteiger partial charge is 0.322 e. The van der Waals surface area contributed by atoms with Crippen LogP contribution in [-0.4, -0.2) is 43.5 Å². The lowest BCUT2D eigenvalue weighted by Gasteiger charge is -2.26. The normalized spacial score (nSPS) is 14.7. The third-order valence-corrected chi connectivity index (χ3v) is 5.46. The number of benzene rings is 3. The molecule has 0 aromatic heterocycles. The maximum Gasteiger partial charge on any atom is 0.322 e. The van der Waals surface area contributed by atoms with Gasteiger partial charge in [-0.25, -0.2) is 9.18 Å². The van der Waals surface area contributed by atoms with Crippen molar-refractivity contribution in [1.82, 2.24) is 4.90 Å². The molecule has 1 heterocycles. The molecule has 0 fully saturated rings. The first-order chi connectivity index (χ1) is 16.6. The molecular weight excluding hydrogens is 437 g/mol. The van der Waals surface area contributed by atoms with Crippen LogP contribution in [0.3, 0.4) is 0 Å². The number of ether oxygens (including phenoxy) is 2. The van der Waals surface area contributed by atoms with E-state index in [1.165, 1.54) is 12.1 Å². The number of rotatable bonds is 8. The first-order valence-corrected chi connectivity index (χ1v) is 10.9. The van der Waals surface area contributed by atoms with Crippen LogP contribution >= 0.6 is 0 Å². The number of carbonyl (C=O) groups is 1. The molecular formula is C26H26FN3O4. The van der Waals surface area contributed by atoms with Gasteiger partial charge in [-0.2, -0.15) is 0 Å². The van der Waals surface area contributed by atoms with E-state index in [1.54, 1.807) is 43.4 Å². The van der Waals surface area contributed by atoms with Crippen LogP contribution in [0.2, 0.25) is 0 Å². The van der Waals surface area contributed by atoms with Crippen molar-refractivity contribution in [2.75, 3.05) is 26.1 Å². The Labute approximate surface area is 197 Å². The van der Waals surface area contributed by atoms with Gasteiger partial charge in [-0.05, 0) is 42.0 Å². The molecule has 1 aliphatic rings. The summed E-state index contributed by atoms with van der Waals surface area (Å²) in [5.74, 6) is 0.932. The third-order valence-electron chi connectivity index (χ3n) is 5.46. The minimum atomic E-state index is -0.368. The zero-order chi connectivity index (χ0) is 23.9. The monoisotopic (exact) mass is 463 g/mol. The van der Waals surface area contributed by atoms with Crippen molar-refractivity contribution in [3.05, 3.63) is 89.7 Å². The zero-order valence-corrected chi connectivity index (χ0v) is 19.0. The van der Waals surface area contributed by atoms with Gasteiger partial charge in [0, 0.05) is 18.5 Å². The van der Waals surface area contributed by atoms with Crippen LogP contribution in [0.4, 0.5) is 14.9 Å². The maximum absolute atomic E-state index is 13.6. The molecule has 0 spiro atoms. The molecule has 0 aliphatic carbocycles. The second kappa shape index (κ2) is 10.7. The molecule has 0 saturated heterocycles. The Kier molecular flexibility index (Phi) is 7.27. The highest BCUT2D eigenvalue weighted by molar-refractivity contribution is 6.01. The van der Waals surface area contributed by atoms with E-state index in [0.717, 1.165) is 5.56 Å². The fourth-order valence-electron chi connectivity index (χ4n) is 3.76. The fourth-order valence-corrected chi connectivity index (χ4v) is 3.76. The van der Waals surface area contributed by atoms with Crippen molar-refractivity contribution in [3.63, 3.8) is 0 Å². The predicted octanol–water partition coefficient (Wildman–Crippen LogP) is 5.07. The molecule has 2 amide bonds. The minimum Gasteiger partial charge on any atom is -0.497 e. The van der Waals surface area contributed by atoms with Gasteiger partial charge in [0.2, 0.25) is 0 Å². The Bertz CT molecular complexity index is 1180. The minimum absolute atomic E-state index is 0.278. The number of carbonyl (C=O) groups excluding carboxylic acids is 1. The molecule has 0 radical (unpaired) electrons. The van der Waals surface area contributed by atoms with Gasteiger partial charge in [0.25, 0.3) is 0 Å². The van der Waals surface area contributed by atoms with Crippen molar-refractivity contribution in [1.29, 1.82) is 0 Å². The molecule has 3 aromatic carbocycles. The number of oxime groups is 1. The number of anilines is 1. The van der Waals surface area contributed by atoms with Crippen molar-refractivity contribution in [2.24, 2.45) is 5.16 Å². The van der Waals surface area contributed by atoms with E-state index in [9.17, 15) is 9.18 Å². The van der Waals surface area contributed by atoms with Gasteiger partial charge in [0.1, 0.15) is 17.3 Å². The second-order valence-corrected chi connectivity index (χ2v) is 7.84. The van der Waals surface area contributed by atoms with E-state index in [1.807, 2.05) is 36.4 Å². The van der Waals surface area contributed by atoms with Gasteiger partial charge in [0.05, 0.1) is 32.2 Å². The van der Waals surface area contributed by atoms with E-state index in [2.05, 4.69) is 10.5 Å². The largest absolute Gasteiger partial charge is 0.497 e. The van der Waals surface area contributed by atoms with Gasteiger partial charge in [-0.1, -0.05) is 41.6 Å². The van der Waals surface area contributed by atoms with Gasteiger partial charge in [-0.15, -0.1) is 0 Å². The van der Waals surface area contributed by atoms with Crippen LogP contribution in [0.25, 0.3) is 0 Å². The average molecular weight is 464 g/mol. The van der Waals surface area contributed by atoms with Crippen LogP contribution in [0.1, 0.15) is 17.5 Å². The summed E-state index contributed by atoms with van der Waals surface area (Å²) in [5.41, 5.74) is 2.78. The SMILES string of the molecule is COc1cccc(CN(C[C@@H]2CC(c3cccc(F)c3)=NO2)C(=O)Nc2ccccc2OC)c1. The average Bonchev–Trinajstić information content (AvgIpc) is 3.33. The summed E-state index contributed by atoms with van der Waals surface area (Å²) in [7, 11) is 3.15. The molecule has 1 N–H and O–H groups in total. The van der Waals surface area contributed by atoms with Gasteiger partial charge >= 0.3 is 6.03 Å². The van der Waals surface area contributed by atoms with Crippen LogP contribution in [0, 0.1) is 5.82 Å². The summed E-state index contributed by atoms with van der Waals surface area (Å²) in [5, 5.41) is 7.06. The third kappa shape index (κ3) is 5.64. The fraction of sp³-hybridized carbons (Fsp3) is 0.231. The molecule has 0 unspecified atom stereocenters. The van der Waals surface area contributed by atoms with Crippen molar-refractivity contribution in [3.8, 4) is 11.5 Å². The Morgan fingerprint density at radius 1 is 1.09 bits per heavy atom. The summed E-state index contributed by atoms with van der Waals surface area (Å²) >= 11 is 0. The Balaban J connectivity index is 1.51. The van der Waals surface area contributed by atoms with Crippen molar-refractivity contribution >= 4 is 17.4 Å². The highest BCUT2D eigenvalue weighted by Crippen LogP contribution is 2.25. The van der Waals surface area contributed by atoms with Gasteiger partial charge in [-0.3, -0.25) is 0 Å². The number of halogens is 1. The Morgan fingerprint density at radius 3 is 2.71 bits per heavy atom. The number of hydrogen-bond donors (Lipinski definition) is 1. The number of nitrogens with zero attached hydrogens (tertiary/aromatic N) is 2. The second-order valence-electron chi connectivity index (χ2n) is 7.84. The lowest BCUT2D eigenvalue weighted by Crippen LogP contribution is -2.40. The summed E-state index contributed by atoms with van der Waals surface area (Å²) in [6, 6.07) is 20.7. The summed E-state index contributed by atoms with van der Waals surface area (Å²) in [4.78, 5) is 20.6. The Morgan fingerprint density at radius 2 is 1.91 bits per heavy atom. The van der Waals surface area contributed by atoms with Crippen LogP contribution in [0.5, 0.6) is 11.5 Å². The molecule has 34 heavy (non-hydrogen) atoms. The lowest BCUT2D eigenvalue weighted by atomic mass is 10.0. The van der Waals surface area contributed by atoms with E-state index in [4.69, 9.17) is 14.3 Å². The highest BCUT2D eigenvalue weighted by atomic mass is 19.1. The van der Waals surface area contributed by atoms with E-state index in [0.29, 0.717) is 41.4 Å². The van der Waals surface area contributed by atoms with Crippen molar-refractivity contribution < 1.29 is 23.5 Å². The number of nitrogens with one attached hydrogen (secondary N) is 1. The lowest BCUT2D eigenvalue weighted by molar-refractivity contribution is 0.0608. The molecule has 3 aromatic rings. The predicted molar refractivity (Wildman–Crippen MR) is 128 cm³/mol. The number of amides is 2. The van der Waals surface area contributed by atoms with Gasteiger partial charge in [0.15, 0.2) is 6.10 Å². The standard InChI is InChI=1S/C26H26FN3O4/c1-32-21-10-5-7-18(13-21)16-30(26(31)28-23-11-3-4-12-25(23)33-2)17-22-15-24(29-34-22)19-8-6-9-20(27)14-19/h3-14,22H,15-17H2,1-2H3,(H,28,31)/t22-/m0/s1. The zero-order valence-electron chi connectivity index (χ0n) is 19.0. The number of para-hydroxylation sites is 2. The summed E-state index contributed by atoms with van der Waals surface area (Å²) in [6.45, 7) is 0.605. The number of methoxy groups -OCH3 is 2. The van der Waals surface area contributed by atoms with Crippen LogP contribution in [0.15, 0.2) is 78.0 Å². The Hall–Kier alpha value is -4.07. The van der Waals surface area contributed by atoms with Crippen molar-refractivity contribution in [2.45, 2.75) is 19.1 Å². The summed E-state index contributed by atoms with van der Waals surface area (Å²) in [6.07, 6.45) is 0.0901. The van der Waals surface area contributed by atoms with E-state index < -0.39 is 0 Å². The van der Waals surface area contributed by atoms with E-state index >= 15 is 0 Å². The van der Waals surface area contributed by atoms with Gasteiger partial charge < -0.3 is 24.5 Å². The van der Waals surface area contributed by atoms with Crippen LogP contribution in [-0.2, 0) is 11.4 Å². The molecule has 7 nitrogen and oxygen atoms in total.